The van der Waals surface area contributed by atoms with E-state index in [-0.39, 0.29) is 18.6 Å². The molecule has 0 aromatic heterocycles. The fraction of sp³-hybridized carbons (Fsp3) is 0.857. The lowest BCUT2D eigenvalue weighted by Crippen LogP contribution is -2.51. The van der Waals surface area contributed by atoms with Crippen LogP contribution in [0.4, 0.5) is 4.79 Å². The van der Waals surface area contributed by atoms with Crippen LogP contribution in [0.5, 0.6) is 0 Å². The topological polar surface area (TPSA) is 60.9 Å². The number of carboxylic acid groups (broad SMARTS) is 1. The molecule has 0 aromatic carbocycles. The minimum atomic E-state index is -0.899. The lowest BCUT2D eigenvalue weighted by Gasteiger charge is -2.35. The number of hydrogen-bond acceptors (Lipinski definition) is 2. The van der Waals surface area contributed by atoms with E-state index in [1.165, 1.54) is 6.42 Å². The Morgan fingerprint density at radius 1 is 1.16 bits per heavy atom. The summed E-state index contributed by atoms with van der Waals surface area (Å²) in [4.78, 5) is 27.2. The Morgan fingerprint density at radius 3 is 2.42 bits per heavy atom. The number of nitrogens with zero attached hydrogens (tertiary/aromatic N) is 2. The maximum atomic E-state index is 12.6. The molecule has 3 fully saturated rings. The van der Waals surface area contributed by atoms with E-state index < -0.39 is 5.97 Å². The van der Waals surface area contributed by atoms with Gasteiger partial charge in [0.2, 0.25) is 0 Å². The normalized spacial score (nSPS) is 30.0. The number of carboxylic acids is 1. The standard InChI is InChI=1S/C14H22N2O3/c17-13(18)9-16(11-3-1-2-4-11)14(19)15-8-10-5-6-12(15)7-10/h10-12H,1-9H2,(H,17,18). The highest BCUT2D eigenvalue weighted by molar-refractivity contribution is 5.81. The van der Waals surface area contributed by atoms with E-state index in [9.17, 15) is 9.59 Å². The molecule has 1 saturated heterocycles. The second-order valence-corrected chi connectivity index (χ2v) is 6.23. The van der Waals surface area contributed by atoms with Crippen molar-refractivity contribution in [2.45, 2.75) is 57.0 Å². The first-order valence-corrected chi connectivity index (χ1v) is 7.44. The zero-order valence-corrected chi connectivity index (χ0v) is 11.3. The van der Waals surface area contributed by atoms with E-state index in [4.69, 9.17) is 5.11 Å². The molecule has 2 saturated carbocycles. The molecule has 2 unspecified atom stereocenters. The molecule has 2 amide bonds. The number of piperidine rings is 1. The van der Waals surface area contributed by atoms with Crippen molar-refractivity contribution in [2.24, 2.45) is 5.92 Å². The van der Waals surface area contributed by atoms with Crippen LogP contribution in [0.3, 0.4) is 0 Å². The average molecular weight is 266 g/mol. The summed E-state index contributed by atoms with van der Waals surface area (Å²) in [5.74, 6) is -0.242. The third kappa shape index (κ3) is 2.42. The van der Waals surface area contributed by atoms with Gasteiger partial charge in [-0.15, -0.1) is 0 Å². The predicted octanol–water partition coefficient (Wildman–Crippen LogP) is 1.92. The van der Waals surface area contributed by atoms with Crippen LogP contribution in [-0.2, 0) is 4.79 Å². The van der Waals surface area contributed by atoms with Crippen molar-refractivity contribution in [3.63, 3.8) is 0 Å². The van der Waals surface area contributed by atoms with Crippen molar-refractivity contribution >= 4 is 12.0 Å². The molecule has 2 atom stereocenters. The van der Waals surface area contributed by atoms with Gasteiger partial charge < -0.3 is 14.9 Å². The number of fused-ring (bicyclic) bond motifs is 2. The van der Waals surface area contributed by atoms with Gasteiger partial charge in [-0.1, -0.05) is 12.8 Å². The number of hydrogen-bond donors (Lipinski definition) is 1. The highest BCUT2D eigenvalue weighted by Gasteiger charge is 2.43. The largest absolute Gasteiger partial charge is 0.480 e. The van der Waals surface area contributed by atoms with Gasteiger partial charge in [0.15, 0.2) is 0 Å². The fourth-order valence-corrected chi connectivity index (χ4v) is 4.04. The van der Waals surface area contributed by atoms with Crippen LogP contribution in [0.25, 0.3) is 0 Å². The number of amides is 2. The Morgan fingerprint density at radius 2 is 1.89 bits per heavy atom. The molecule has 19 heavy (non-hydrogen) atoms. The van der Waals surface area contributed by atoms with Crippen LogP contribution in [0.2, 0.25) is 0 Å². The Labute approximate surface area is 113 Å². The summed E-state index contributed by atoms with van der Waals surface area (Å²) in [6.45, 7) is 0.698. The van der Waals surface area contributed by atoms with Gasteiger partial charge in [-0.2, -0.15) is 0 Å². The minimum absolute atomic E-state index is 0.0264. The molecule has 1 heterocycles. The first kappa shape index (κ1) is 12.8. The molecule has 1 N–H and O–H groups in total. The minimum Gasteiger partial charge on any atom is -0.480 e. The van der Waals surface area contributed by atoms with Crippen molar-refractivity contribution in [3.05, 3.63) is 0 Å². The van der Waals surface area contributed by atoms with Crippen molar-refractivity contribution in [1.82, 2.24) is 9.80 Å². The monoisotopic (exact) mass is 266 g/mol. The molecule has 2 aliphatic carbocycles. The van der Waals surface area contributed by atoms with Crippen LogP contribution in [-0.4, -0.2) is 52.1 Å². The van der Waals surface area contributed by atoms with Crippen molar-refractivity contribution in [3.8, 4) is 0 Å². The van der Waals surface area contributed by atoms with Gasteiger partial charge in [0, 0.05) is 18.6 Å². The maximum Gasteiger partial charge on any atom is 0.323 e. The summed E-state index contributed by atoms with van der Waals surface area (Å²) < 4.78 is 0. The van der Waals surface area contributed by atoms with Crippen molar-refractivity contribution in [1.29, 1.82) is 0 Å². The second kappa shape index (κ2) is 5.02. The number of urea groups is 1. The molecular formula is C14H22N2O3. The van der Waals surface area contributed by atoms with E-state index in [1.54, 1.807) is 4.90 Å². The molecule has 5 heteroatoms. The zero-order valence-electron chi connectivity index (χ0n) is 11.3. The Hall–Kier alpha value is -1.26. The molecule has 3 aliphatic rings. The molecule has 0 aromatic rings. The van der Waals surface area contributed by atoms with E-state index in [1.807, 2.05) is 4.90 Å². The van der Waals surface area contributed by atoms with Gasteiger partial charge in [-0.3, -0.25) is 4.79 Å². The third-order valence-corrected chi connectivity index (χ3v) is 4.97. The van der Waals surface area contributed by atoms with E-state index >= 15 is 0 Å². The zero-order chi connectivity index (χ0) is 13.4. The number of rotatable bonds is 3. The molecule has 1 aliphatic heterocycles. The van der Waals surface area contributed by atoms with Crippen LogP contribution < -0.4 is 0 Å². The first-order valence-electron chi connectivity index (χ1n) is 7.44. The van der Waals surface area contributed by atoms with E-state index in [0.717, 1.165) is 45.1 Å². The van der Waals surface area contributed by atoms with Crippen LogP contribution in [0.15, 0.2) is 0 Å². The lowest BCUT2D eigenvalue weighted by molar-refractivity contribution is -0.138. The van der Waals surface area contributed by atoms with Gasteiger partial charge >= 0.3 is 12.0 Å². The van der Waals surface area contributed by atoms with Gasteiger partial charge in [0.1, 0.15) is 6.54 Å². The summed E-state index contributed by atoms with van der Waals surface area (Å²) in [7, 11) is 0. The molecule has 2 bridgehead atoms. The van der Waals surface area contributed by atoms with Gasteiger partial charge in [-0.25, -0.2) is 4.79 Å². The van der Waals surface area contributed by atoms with Gasteiger partial charge in [0.25, 0.3) is 0 Å². The Kier molecular flexibility index (Phi) is 3.37. The molecule has 0 spiro atoms. The van der Waals surface area contributed by atoms with Crippen molar-refractivity contribution < 1.29 is 14.7 Å². The fourth-order valence-electron chi connectivity index (χ4n) is 4.04. The summed E-state index contributed by atoms with van der Waals surface area (Å²) in [5, 5.41) is 9.06. The lowest BCUT2D eigenvalue weighted by atomic mass is 10.1. The highest BCUT2D eigenvalue weighted by Crippen LogP contribution is 2.38. The van der Waals surface area contributed by atoms with Crippen LogP contribution in [0.1, 0.15) is 44.9 Å². The van der Waals surface area contributed by atoms with Crippen molar-refractivity contribution in [2.75, 3.05) is 13.1 Å². The summed E-state index contributed by atoms with van der Waals surface area (Å²) in [6, 6.07) is 0.486. The highest BCUT2D eigenvalue weighted by atomic mass is 16.4. The number of aliphatic carboxylic acids is 1. The molecular weight excluding hydrogens is 244 g/mol. The smallest absolute Gasteiger partial charge is 0.323 e. The Balaban J connectivity index is 1.71. The number of carbonyl (C=O) groups excluding carboxylic acids is 1. The Bertz CT molecular complexity index is 379. The second-order valence-electron chi connectivity index (χ2n) is 6.23. The summed E-state index contributed by atoms with van der Waals surface area (Å²) in [6.07, 6.45) is 7.60. The summed E-state index contributed by atoms with van der Waals surface area (Å²) in [5.41, 5.74) is 0. The van der Waals surface area contributed by atoms with Gasteiger partial charge in [0.05, 0.1) is 0 Å². The van der Waals surface area contributed by atoms with Crippen LogP contribution in [0, 0.1) is 5.92 Å². The predicted molar refractivity (Wildman–Crippen MR) is 69.8 cm³/mol. The number of carbonyl (C=O) groups is 2. The maximum absolute atomic E-state index is 12.6. The molecule has 106 valence electrons. The quantitative estimate of drug-likeness (QED) is 0.849. The molecule has 5 nitrogen and oxygen atoms in total. The van der Waals surface area contributed by atoms with E-state index in [0.29, 0.717) is 12.0 Å². The SMILES string of the molecule is O=C(O)CN(C(=O)N1CC2CCC1C2)C1CCCC1. The third-order valence-electron chi connectivity index (χ3n) is 4.97. The summed E-state index contributed by atoms with van der Waals surface area (Å²) >= 11 is 0. The average Bonchev–Trinajstić information content (AvgIpc) is 3.10. The molecule has 3 rings (SSSR count). The van der Waals surface area contributed by atoms with Crippen LogP contribution >= 0.6 is 0 Å². The number of likely N-dealkylation sites (tertiary alicyclic amines) is 1. The first-order chi connectivity index (χ1) is 9.15. The molecule has 0 radical (unpaired) electrons. The van der Waals surface area contributed by atoms with Gasteiger partial charge in [-0.05, 0) is 38.0 Å². The van der Waals surface area contributed by atoms with E-state index in [2.05, 4.69) is 0 Å².